The van der Waals surface area contributed by atoms with E-state index in [9.17, 15) is 22.8 Å². The zero-order valence-corrected chi connectivity index (χ0v) is 12.0. The number of hydrogen-bond acceptors (Lipinski definition) is 4. The maximum Gasteiger partial charge on any atom is 0.314 e. The Bertz CT molecular complexity index is 813. The number of hydrogen-bond donors (Lipinski definition) is 2. The number of nitrogens with one attached hydrogen (secondary N) is 2. The number of carbonyl (C=O) groups excluding carboxylic acids is 2. The van der Waals surface area contributed by atoms with E-state index in [1.807, 2.05) is 0 Å². The van der Waals surface area contributed by atoms with E-state index in [0.29, 0.717) is 0 Å². The SMILES string of the molecule is N#Cc1cc(F)ccc1NC(=O)C(=O)Nc1cnn(CC(F)F)c1. The summed E-state index contributed by atoms with van der Waals surface area (Å²) in [6.45, 7) is -0.650. The third-order valence-corrected chi connectivity index (χ3v) is 2.77. The van der Waals surface area contributed by atoms with Crippen molar-refractivity contribution in [2.24, 2.45) is 0 Å². The first-order valence-corrected chi connectivity index (χ1v) is 6.51. The predicted molar refractivity (Wildman–Crippen MR) is 76.6 cm³/mol. The third kappa shape index (κ3) is 4.33. The summed E-state index contributed by atoms with van der Waals surface area (Å²) in [5.41, 5.74) is -0.135. The smallest absolute Gasteiger partial charge is 0.314 e. The number of carbonyl (C=O) groups is 2. The topological polar surface area (TPSA) is 99.8 Å². The van der Waals surface area contributed by atoms with Crippen molar-refractivity contribution in [3.8, 4) is 6.07 Å². The maximum absolute atomic E-state index is 13.0. The number of amides is 2. The molecule has 0 aliphatic heterocycles. The lowest BCUT2D eigenvalue weighted by atomic mass is 10.2. The van der Waals surface area contributed by atoms with Gasteiger partial charge in [0.25, 0.3) is 6.43 Å². The highest BCUT2D eigenvalue weighted by Gasteiger charge is 2.17. The molecule has 10 heteroatoms. The Morgan fingerprint density at radius 2 is 2.00 bits per heavy atom. The van der Waals surface area contributed by atoms with Gasteiger partial charge in [0.2, 0.25) is 0 Å². The average Bonchev–Trinajstić information content (AvgIpc) is 2.94. The van der Waals surface area contributed by atoms with Crippen LogP contribution in [0.25, 0.3) is 0 Å². The summed E-state index contributed by atoms with van der Waals surface area (Å²) >= 11 is 0. The Labute approximate surface area is 133 Å². The summed E-state index contributed by atoms with van der Waals surface area (Å²) in [7, 11) is 0. The van der Waals surface area contributed by atoms with Gasteiger partial charge in [-0.2, -0.15) is 10.4 Å². The molecular formula is C14H10F3N5O2. The Hall–Kier alpha value is -3.35. The molecule has 1 heterocycles. The van der Waals surface area contributed by atoms with Gasteiger partial charge in [-0.15, -0.1) is 0 Å². The standard InChI is InChI=1S/C14H10F3N5O2/c15-9-1-2-11(8(3-9)4-18)21-14(24)13(23)20-10-5-19-22(6-10)7-12(16)17/h1-3,5-6,12H,7H2,(H,20,23)(H,21,24). The largest absolute Gasteiger partial charge is 0.317 e. The number of rotatable bonds is 4. The molecule has 0 saturated heterocycles. The highest BCUT2D eigenvalue weighted by molar-refractivity contribution is 6.43. The number of nitriles is 1. The molecule has 0 aliphatic rings. The summed E-state index contributed by atoms with van der Waals surface area (Å²) < 4.78 is 38.3. The van der Waals surface area contributed by atoms with E-state index in [4.69, 9.17) is 5.26 Å². The highest BCUT2D eigenvalue weighted by Crippen LogP contribution is 2.16. The van der Waals surface area contributed by atoms with Crippen LogP contribution in [0, 0.1) is 17.1 Å². The molecule has 0 saturated carbocycles. The normalized spacial score (nSPS) is 10.3. The zero-order valence-electron chi connectivity index (χ0n) is 12.0. The van der Waals surface area contributed by atoms with Crippen molar-refractivity contribution in [3.05, 3.63) is 42.0 Å². The van der Waals surface area contributed by atoms with E-state index in [1.165, 1.54) is 0 Å². The lowest BCUT2D eigenvalue weighted by molar-refractivity contribution is -0.133. The quantitative estimate of drug-likeness (QED) is 0.830. The Kier molecular flexibility index (Phi) is 5.16. The van der Waals surface area contributed by atoms with Crippen LogP contribution in [0.1, 0.15) is 5.56 Å². The number of nitrogens with zero attached hydrogens (tertiary/aromatic N) is 3. The van der Waals surface area contributed by atoms with E-state index >= 15 is 0 Å². The molecule has 124 valence electrons. The maximum atomic E-state index is 13.0. The molecule has 0 bridgehead atoms. The van der Waals surface area contributed by atoms with Crippen LogP contribution < -0.4 is 10.6 Å². The van der Waals surface area contributed by atoms with E-state index in [0.717, 1.165) is 35.3 Å². The van der Waals surface area contributed by atoms with Crippen LogP contribution >= 0.6 is 0 Å². The lowest BCUT2D eigenvalue weighted by Crippen LogP contribution is -2.29. The number of alkyl halides is 2. The van der Waals surface area contributed by atoms with Gasteiger partial charge in [0, 0.05) is 6.20 Å². The van der Waals surface area contributed by atoms with Gasteiger partial charge in [-0.1, -0.05) is 0 Å². The highest BCUT2D eigenvalue weighted by atomic mass is 19.3. The summed E-state index contributed by atoms with van der Waals surface area (Å²) in [6, 6.07) is 4.74. The van der Waals surface area contributed by atoms with E-state index in [2.05, 4.69) is 15.7 Å². The number of aromatic nitrogens is 2. The van der Waals surface area contributed by atoms with Crippen LogP contribution in [0.4, 0.5) is 24.5 Å². The minimum absolute atomic E-state index is 0.0348. The fourth-order valence-electron chi connectivity index (χ4n) is 1.75. The molecule has 2 N–H and O–H groups in total. The molecule has 7 nitrogen and oxygen atoms in total. The second-order valence-electron chi connectivity index (χ2n) is 4.55. The molecule has 0 atom stereocenters. The fourth-order valence-corrected chi connectivity index (χ4v) is 1.75. The molecule has 1 aromatic carbocycles. The second-order valence-corrected chi connectivity index (χ2v) is 4.55. The van der Waals surface area contributed by atoms with Crippen LogP contribution in [-0.4, -0.2) is 28.0 Å². The number of benzene rings is 1. The number of halogens is 3. The van der Waals surface area contributed by atoms with E-state index in [1.54, 1.807) is 6.07 Å². The van der Waals surface area contributed by atoms with Crippen molar-refractivity contribution >= 4 is 23.2 Å². The lowest BCUT2D eigenvalue weighted by Gasteiger charge is -2.06. The first-order valence-electron chi connectivity index (χ1n) is 6.51. The van der Waals surface area contributed by atoms with Crippen molar-refractivity contribution in [1.82, 2.24) is 9.78 Å². The molecule has 2 aromatic rings. The Morgan fingerprint density at radius 1 is 1.29 bits per heavy atom. The van der Waals surface area contributed by atoms with Crippen LogP contribution in [0.15, 0.2) is 30.6 Å². The summed E-state index contributed by atoms with van der Waals surface area (Å²) in [6.07, 6.45) is -0.373. The summed E-state index contributed by atoms with van der Waals surface area (Å²) in [5, 5.41) is 16.8. The van der Waals surface area contributed by atoms with Crippen LogP contribution in [0.5, 0.6) is 0 Å². The minimum atomic E-state index is -2.61. The third-order valence-electron chi connectivity index (χ3n) is 2.77. The van der Waals surface area contributed by atoms with Crippen molar-refractivity contribution in [2.45, 2.75) is 13.0 Å². The molecular weight excluding hydrogens is 327 g/mol. The first-order chi connectivity index (χ1) is 11.4. The molecule has 0 aliphatic carbocycles. The van der Waals surface area contributed by atoms with Gasteiger partial charge >= 0.3 is 11.8 Å². The van der Waals surface area contributed by atoms with Gasteiger partial charge < -0.3 is 10.6 Å². The van der Waals surface area contributed by atoms with E-state index < -0.39 is 30.6 Å². The molecule has 24 heavy (non-hydrogen) atoms. The van der Waals surface area contributed by atoms with Gasteiger partial charge in [-0.05, 0) is 18.2 Å². The molecule has 0 fully saturated rings. The zero-order chi connectivity index (χ0) is 17.7. The van der Waals surface area contributed by atoms with Gasteiger partial charge in [-0.25, -0.2) is 13.2 Å². The molecule has 1 aromatic heterocycles. The van der Waals surface area contributed by atoms with Crippen molar-refractivity contribution in [2.75, 3.05) is 10.6 Å². The summed E-state index contributed by atoms with van der Waals surface area (Å²) in [5.74, 6) is -2.88. The first kappa shape index (κ1) is 17.0. The van der Waals surface area contributed by atoms with Gasteiger partial charge in [-0.3, -0.25) is 14.3 Å². The fraction of sp³-hybridized carbons (Fsp3) is 0.143. The molecule has 0 spiro atoms. The van der Waals surface area contributed by atoms with Gasteiger partial charge in [0.1, 0.15) is 18.4 Å². The molecule has 2 amide bonds. The molecule has 0 unspecified atom stereocenters. The van der Waals surface area contributed by atoms with Crippen molar-refractivity contribution < 1.29 is 22.8 Å². The average molecular weight is 337 g/mol. The second kappa shape index (κ2) is 7.28. The Morgan fingerprint density at radius 3 is 2.67 bits per heavy atom. The van der Waals surface area contributed by atoms with Crippen molar-refractivity contribution in [1.29, 1.82) is 5.26 Å². The monoisotopic (exact) mass is 337 g/mol. The van der Waals surface area contributed by atoms with Crippen LogP contribution in [-0.2, 0) is 16.1 Å². The molecule has 0 radical (unpaired) electrons. The van der Waals surface area contributed by atoms with E-state index in [-0.39, 0.29) is 16.9 Å². The van der Waals surface area contributed by atoms with Crippen molar-refractivity contribution in [3.63, 3.8) is 0 Å². The predicted octanol–water partition coefficient (Wildman–Crippen LogP) is 1.74. The summed E-state index contributed by atoms with van der Waals surface area (Å²) in [4.78, 5) is 23.5. The Balaban J connectivity index is 2.01. The minimum Gasteiger partial charge on any atom is -0.317 e. The molecule has 2 rings (SSSR count). The van der Waals surface area contributed by atoms with Gasteiger partial charge in [0.15, 0.2) is 0 Å². The van der Waals surface area contributed by atoms with Gasteiger partial charge in [0.05, 0.1) is 23.1 Å². The van der Waals surface area contributed by atoms with Crippen LogP contribution in [0.2, 0.25) is 0 Å². The van der Waals surface area contributed by atoms with Crippen LogP contribution in [0.3, 0.4) is 0 Å². The number of anilines is 2.